The fourth-order valence-corrected chi connectivity index (χ4v) is 4.96. The van der Waals surface area contributed by atoms with Gasteiger partial charge in [0.05, 0.1) is 18.9 Å². The molecule has 0 amide bonds. The van der Waals surface area contributed by atoms with Crippen LogP contribution in [0.2, 0.25) is 0 Å². The third-order valence-corrected chi connectivity index (χ3v) is 6.55. The third-order valence-electron chi connectivity index (χ3n) is 6.55. The van der Waals surface area contributed by atoms with Crippen LogP contribution in [0.4, 0.5) is 0 Å². The van der Waals surface area contributed by atoms with E-state index in [2.05, 4.69) is 40.4 Å². The number of aliphatic hydroxyl groups is 1. The van der Waals surface area contributed by atoms with E-state index in [1.54, 1.807) is 14.2 Å². The second-order valence-corrected chi connectivity index (χ2v) is 8.38. The lowest BCUT2D eigenvalue weighted by Crippen LogP contribution is -2.46. The van der Waals surface area contributed by atoms with E-state index in [-0.39, 0.29) is 6.10 Å². The Labute approximate surface area is 173 Å². The zero-order chi connectivity index (χ0) is 20.2. The Morgan fingerprint density at radius 2 is 1.76 bits per heavy atom. The van der Waals surface area contributed by atoms with Gasteiger partial charge in [0.15, 0.2) is 0 Å². The highest BCUT2D eigenvalue weighted by Gasteiger charge is 2.31. The number of rotatable bonds is 5. The number of benzene rings is 2. The van der Waals surface area contributed by atoms with Gasteiger partial charge < -0.3 is 14.7 Å². The number of methoxy groups -OCH3 is 1. The van der Waals surface area contributed by atoms with Crippen molar-refractivity contribution in [3.8, 4) is 5.75 Å². The molecule has 1 saturated carbocycles. The van der Waals surface area contributed by atoms with Crippen molar-refractivity contribution in [3.63, 3.8) is 0 Å². The average molecular weight is 397 g/mol. The smallest absolute Gasteiger partial charge is 0.119 e. The normalized spacial score (nSPS) is 26.4. The molecule has 1 aliphatic carbocycles. The van der Waals surface area contributed by atoms with E-state index in [0.29, 0.717) is 12.0 Å². The number of fused-ring (bicyclic) bond motifs is 1. The van der Waals surface area contributed by atoms with E-state index in [1.165, 1.54) is 11.8 Å². The summed E-state index contributed by atoms with van der Waals surface area (Å²) in [5, 5.41) is 16.7. The van der Waals surface area contributed by atoms with Crippen LogP contribution in [-0.4, -0.2) is 55.2 Å². The molecular weight excluding hydrogens is 364 g/mol. The van der Waals surface area contributed by atoms with E-state index in [1.807, 2.05) is 6.07 Å². The Morgan fingerprint density at radius 3 is 2.52 bits per heavy atom. The number of nitrogens with zero attached hydrogens (tertiary/aromatic N) is 2. The minimum absolute atomic E-state index is 0.103. The monoisotopic (exact) mass is 396 g/mol. The lowest BCUT2D eigenvalue weighted by atomic mass is 9.85. The molecule has 5 nitrogen and oxygen atoms in total. The molecule has 5 heteroatoms. The maximum absolute atomic E-state index is 9.84. The van der Waals surface area contributed by atoms with E-state index in [0.717, 1.165) is 67.6 Å². The van der Waals surface area contributed by atoms with Gasteiger partial charge in [0.25, 0.3) is 0 Å². The van der Waals surface area contributed by atoms with Crippen LogP contribution in [0.1, 0.15) is 44.1 Å². The molecule has 1 N–H and O–H groups in total. The standard InChI is InChI=1S/C24H32N2O3/c1-28-23-12-7-17-14-19(6-5-18(17)15-23)24(25-29-2)20-4-3-13-26(16-20)21-8-10-22(27)11-9-21/h5-7,12,14-15,20-22,27H,3-4,8-11,13,16H2,1-2H3/b25-24-/t20-,21?,22?/m1/s1. The zero-order valence-electron chi connectivity index (χ0n) is 17.5. The highest BCUT2D eigenvalue weighted by Crippen LogP contribution is 2.30. The summed E-state index contributed by atoms with van der Waals surface area (Å²) in [5.74, 6) is 1.24. The van der Waals surface area contributed by atoms with E-state index in [9.17, 15) is 5.11 Å². The molecule has 1 atom stereocenters. The lowest BCUT2D eigenvalue weighted by Gasteiger charge is -2.41. The Kier molecular flexibility index (Phi) is 6.36. The van der Waals surface area contributed by atoms with Gasteiger partial charge in [-0.05, 0) is 74.0 Å². The molecule has 2 aliphatic rings. The van der Waals surface area contributed by atoms with Gasteiger partial charge in [0, 0.05) is 24.1 Å². The SMILES string of the molecule is CO/N=C(/c1ccc2cc(OC)ccc2c1)[C@@H]1CCCN(C2CCC(O)CC2)C1. The number of piperidine rings is 1. The molecule has 1 saturated heterocycles. The predicted octanol–water partition coefficient (Wildman–Crippen LogP) is 4.21. The third kappa shape index (κ3) is 4.57. The molecule has 2 fully saturated rings. The van der Waals surface area contributed by atoms with Crippen LogP contribution in [0.15, 0.2) is 41.6 Å². The molecule has 2 aromatic carbocycles. The Bertz CT molecular complexity index is 858. The Balaban J connectivity index is 1.55. The average Bonchev–Trinajstić information content (AvgIpc) is 2.77. The summed E-state index contributed by atoms with van der Waals surface area (Å²) in [5.41, 5.74) is 2.18. The van der Waals surface area contributed by atoms with Gasteiger partial charge in [0.2, 0.25) is 0 Å². The maximum Gasteiger partial charge on any atom is 0.119 e. The van der Waals surface area contributed by atoms with Crippen LogP contribution in [0, 0.1) is 5.92 Å². The summed E-state index contributed by atoms with van der Waals surface area (Å²) in [7, 11) is 3.33. The first-order chi connectivity index (χ1) is 14.2. The van der Waals surface area contributed by atoms with E-state index >= 15 is 0 Å². The fraction of sp³-hybridized carbons (Fsp3) is 0.542. The van der Waals surface area contributed by atoms with Crippen molar-refractivity contribution in [1.82, 2.24) is 4.90 Å². The molecule has 0 radical (unpaired) electrons. The second-order valence-electron chi connectivity index (χ2n) is 8.38. The van der Waals surface area contributed by atoms with Crippen LogP contribution in [-0.2, 0) is 4.84 Å². The minimum Gasteiger partial charge on any atom is -0.497 e. The van der Waals surface area contributed by atoms with Crippen LogP contribution < -0.4 is 4.74 Å². The lowest BCUT2D eigenvalue weighted by molar-refractivity contribution is 0.0588. The number of oxime groups is 1. The summed E-state index contributed by atoms with van der Waals surface area (Å²) >= 11 is 0. The fourth-order valence-electron chi connectivity index (χ4n) is 4.96. The molecule has 156 valence electrons. The summed E-state index contributed by atoms with van der Waals surface area (Å²) in [4.78, 5) is 7.89. The van der Waals surface area contributed by atoms with Gasteiger partial charge in [0.1, 0.15) is 12.9 Å². The van der Waals surface area contributed by atoms with E-state index < -0.39 is 0 Å². The van der Waals surface area contributed by atoms with Crippen molar-refractivity contribution in [1.29, 1.82) is 0 Å². The molecule has 29 heavy (non-hydrogen) atoms. The first kappa shape index (κ1) is 20.2. The summed E-state index contributed by atoms with van der Waals surface area (Å²) in [6, 6.07) is 13.3. The second kappa shape index (κ2) is 9.14. The number of ether oxygens (including phenoxy) is 1. The van der Waals surface area contributed by atoms with Crippen LogP contribution >= 0.6 is 0 Å². The van der Waals surface area contributed by atoms with Crippen LogP contribution in [0.3, 0.4) is 0 Å². The summed E-state index contributed by atoms with van der Waals surface area (Å²) in [6.07, 6.45) is 6.27. The van der Waals surface area contributed by atoms with Gasteiger partial charge in [-0.25, -0.2) is 0 Å². The molecule has 0 bridgehead atoms. The van der Waals surface area contributed by atoms with Crippen molar-refractivity contribution >= 4 is 16.5 Å². The van der Waals surface area contributed by atoms with Crippen LogP contribution in [0.5, 0.6) is 5.75 Å². The van der Waals surface area contributed by atoms with Crippen molar-refractivity contribution in [2.75, 3.05) is 27.3 Å². The van der Waals surface area contributed by atoms with Gasteiger partial charge >= 0.3 is 0 Å². The van der Waals surface area contributed by atoms with Gasteiger partial charge in [-0.2, -0.15) is 0 Å². The van der Waals surface area contributed by atoms with Crippen molar-refractivity contribution in [3.05, 3.63) is 42.0 Å². The largest absolute Gasteiger partial charge is 0.497 e. The highest BCUT2D eigenvalue weighted by molar-refractivity contribution is 6.04. The zero-order valence-corrected chi connectivity index (χ0v) is 17.5. The molecule has 0 unspecified atom stereocenters. The summed E-state index contributed by atoms with van der Waals surface area (Å²) < 4.78 is 5.34. The molecule has 2 aromatic rings. The van der Waals surface area contributed by atoms with Gasteiger partial charge in [-0.3, -0.25) is 4.90 Å². The predicted molar refractivity (Wildman–Crippen MR) is 117 cm³/mol. The molecular formula is C24H32N2O3. The minimum atomic E-state index is -0.103. The van der Waals surface area contributed by atoms with Crippen molar-refractivity contribution in [2.45, 2.75) is 50.7 Å². The number of likely N-dealkylation sites (tertiary alicyclic amines) is 1. The van der Waals surface area contributed by atoms with E-state index in [4.69, 9.17) is 9.57 Å². The maximum atomic E-state index is 9.84. The Morgan fingerprint density at radius 1 is 1.00 bits per heavy atom. The van der Waals surface area contributed by atoms with Gasteiger partial charge in [-0.1, -0.05) is 23.4 Å². The molecule has 0 spiro atoms. The first-order valence-corrected chi connectivity index (χ1v) is 10.8. The Hall–Kier alpha value is -2.11. The van der Waals surface area contributed by atoms with Crippen LogP contribution in [0.25, 0.3) is 10.8 Å². The van der Waals surface area contributed by atoms with Crippen molar-refractivity contribution < 1.29 is 14.7 Å². The summed E-state index contributed by atoms with van der Waals surface area (Å²) in [6.45, 7) is 2.17. The molecule has 1 aliphatic heterocycles. The first-order valence-electron chi connectivity index (χ1n) is 10.8. The number of aliphatic hydroxyl groups excluding tert-OH is 1. The van der Waals surface area contributed by atoms with Gasteiger partial charge in [-0.15, -0.1) is 0 Å². The van der Waals surface area contributed by atoms with Crippen molar-refractivity contribution in [2.24, 2.45) is 11.1 Å². The topological polar surface area (TPSA) is 54.3 Å². The quantitative estimate of drug-likeness (QED) is 0.607. The highest BCUT2D eigenvalue weighted by atomic mass is 16.6. The molecule has 4 rings (SSSR count). The number of hydrogen-bond acceptors (Lipinski definition) is 5. The molecule has 0 aromatic heterocycles. The number of hydrogen-bond donors (Lipinski definition) is 1. The molecule has 1 heterocycles.